The van der Waals surface area contributed by atoms with Gasteiger partial charge in [0.2, 0.25) is 0 Å². The second-order valence-corrected chi connectivity index (χ2v) is 4.45. The van der Waals surface area contributed by atoms with Crippen LogP contribution >= 0.6 is 0 Å². The van der Waals surface area contributed by atoms with Gasteiger partial charge in [0.05, 0.1) is 24.2 Å². The smallest absolute Gasteiger partial charge is 0.395 e. The highest BCUT2D eigenvalue weighted by atomic mass is 19.4. The molecule has 4 nitrogen and oxygen atoms in total. The number of nitrogens with one attached hydrogen (secondary N) is 1. The SMILES string of the molecule is CCC(NC)c1ccc(N(CCO)CC(F)(F)F)cn1. The summed E-state index contributed by atoms with van der Waals surface area (Å²) in [7, 11) is 1.81. The van der Waals surface area contributed by atoms with Gasteiger partial charge in [0.15, 0.2) is 0 Å². The number of nitrogens with zero attached hydrogens (tertiary/aromatic N) is 2. The number of halogens is 3. The molecule has 0 aliphatic heterocycles. The molecule has 1 rings (SSSR count). The maximum atomic E-state index is 12.5. The van der Waals surface area contributed by atoms with Gasteiger partial charge in [-0.05, 0) is 25.6 Å². The molecular weight excluding hydrogens is 271 g/mol. The summed E-state index contributed by atoms with van der Waals surface area (Å²) in [6, 6.07) is 3.39. The number of aliphatic hydroxyl groups is 1. The lowest BCUT2D eigenvalue weighted by Crippen LogP contribution is -2.36. The minimum absolute atomic E-state index is 0.0796. The molecular formula is C13H20F3N3O. The van der Waals surface area contributed by atoms with E-state index in [1.54, 1.807) is 12.1 Å². The number of aromatic nitrogens is 1. The molecule has 0 radical (unpaired) electrons. The molecule has 1 heterocycles. The van der Waals surface area contributed by atoms with Crippen LogP contribution in [0.3, 0.4) is 0 Å². The maximum absolute atomic E-state index is 12.5. The first-order chi connectivity index (χ1) is 9.41. The fourth-order valence-electron chi connectivity index (χ4n) is 1.99. The van der Waals surface area contributed by atoms with Crippen molar-refractivity contribution < 1.29 is 18.3 Å². The van der Waals surface area contributed by atoms with Crippen LogP contribution in [-0.4, -0.2) is 43.0 Å². The summed E-state index contributed by atoms with van der Waals surface area (Å²) in [5.41, 5.74) is 1.14. The standard InChI is InChI=1S/C13H20F3N3O/c1-3-11(17-2)12-5-4-10(8-18-12)19(6-7-20)9-13(14,15)16/h4-5,8,11,17,20H,3,6-7,9H2,1-2H3. The number of rotatable bonds is 7. The third-order valence-corrected chi connectivity index (χ3v) is 2.99. The molecule has 0 bridgehead atoms. The van der Waals surface area contributed by atoms with Crippen LogP contribution in [0.25, 0.3) is 0 Å². The Morgan fingerprint density at radius 2 is 2.10 bits per heavy atom. The molecule has 0 spiro atoms. The van der Waals surface area contributed by atoms with Crippen LogP contribution in [0.1, 0.15) is 25.1 Å². The third kappa shape index (κ3) is 4.97. The van der Waals surface area contributed by atoms with Crippen molar-refractivity contribution in [2.45, 2.75) is 25.6 Å². The van der Waals surface area contributed by atoms with Crippen LogP contribution in [-0.2, 0) is 0 Å². The van der Waals surface area contributed by atoms with Gasteiger partial charge in [-0.15, -0.1) is 0 Å². The molecule has 1 aromatic rings. The van der Waals surface area contributed by atoms with Crippen molar-refractivity contribution in [3.8, 4) is 0 Å². The van der Waals surface area contributed by atoms with E-state index in [1.165, 1.54) is 6.20 Å². The number of alkyl halides is 3. The number of hydrogen-bond donors (Lipinski definition) is 2. The van der Waals surface area contributed by atoms with E-state index in [0.717, 1.165) is 17.0 Å². The summed E-state index contributed by atoms with van der Waals surface area (Å²) in [5.74, 6) is 0. The summed E-state index contributed by atoms with van der Waals surface area (Å²) < 4.78 is 37.4. The predicted octanol–water partition coefficient (Wildman–Crippen LogP) is 2.11. The topological polar surface area (TPSA) is 48.4 Å². The van der Waals surface area contributed by atoms with Crippen LogP contribution in [0, 0.1) is 0 Å². The predicted molar refractivity (Wildman–Crippen MR) is 71.7 cm³/mol. The molecule has 0 amide bonds. The van der Waals surface area contributed by atoms with Gasteiger partial charge in [-0.3, -0.25) is 4.98 Å². The number of anilines is 1. The van der Waals surface area contributed by atoms with Gasteiger partial charge in [0.1, 0.15) is 6.54 Å². The Bertz CT molecular complexity index is 391. The van der Waals surface area contributed by atoms with Crippen LogP contribution in [0.5, 0.6) is 0 Å². The van der Waals surface area contributed by atoms with Gasteiger partial charge >= 0.3 is 6.18 Å². The number of aliphatic hydroxyl groups excluding tert-OH is 1. The average molecular weight is 291 g/mol. The summed E-state index contributed by atoms with van der Waals surface area (Å²) in [6.45, 7) is 0.478. The highest BCUT2D eigenvalue weighted by Crippen LogP contribution is 2.23. The molecule has 7 heteroatoms. The first-order valence-corrected chi connectivity index (χ1v) is 6.47. The number of pyridine rings is 1. The minimum Gasteiger partial charge on any atom is -0.395 e. The van der Waals surface area contributed by atoms with E-state index in [2.05, 4.69) is 10.3 Å². The average Bonchev–Trinajstić information content (AvgIpc) is 2.39. The van der Waals surface area contributed by atoms with Gasteiger partial charge in [-0.1, -0.05) is 6.92 Å². The molecule has 0 saturated carbocycles. The second-order valence-electron chi connectivity index (χ2n) is 4.45. The lowest BCUT2D eigenvalue weighted by atomic mass is 10.1. The molecule has 0 saturated heterocycles. The second kappa shape index (κ2) is 7.44. The molecule has 1 unspecified atom stereocenters. The van der Waals surface area contributed by atoms with Crippen LogP contribution < -0.4 is 10.2 Å². The van der Waals surface area contributed by atoms with E-state index in [1.807, 2.05) is 14.0 Å². The monoisotopic (exact) mass is 291 g/mol. The Morgan fingerprint density at radius 1 is 1.40 bits per heavy atom. The van der Waals surface area contributed by atoms with E-state index in [0.29, 0.717) is 5.69 Å². The molecule has 1 atom stereocenters. The lowest BCUT2D eigenvalue weighted by molar-refractivity contribution is -0.119. The summed E-state index contributed by atoms with van der Waals surface area (Å²) >= 11 is 0. The highest BCUT2D eigenvalue weighted by Gasteiger charge is 2.30. The lowest BCUT2D eigenvalue weighted by Gasteiger charge is -2.25. The Kier molecular flexibility index (Phi) is 6.22. The van der Waals surface area contributed by atoms with Crippen molar-refractivity contribution in [2.75, 3.05) is 31.6 Å². The normalized spacial score (nSPS) is 13.3. The highest BCUT2D eigenvalue weighted by molar-refractivity contribution is 5.45. The Balaban J connectivity index is 2.87. The van der Waals surface area contributed by atoms with Crippen LogP contribution in [0.4, 0.5) is 18.9 Å². The van der Waals surface area contributed by atoms with E-state index in [4.69, 9.17) is 5.11 Å². The zero-order chi connectivity index (χ0) is 15.2. The molecule has 0 aliphatic carbocycles. The fourth-order valence-corrected chi connectivity index (χ4v) is 1.99. The van der Waals surface area contributed by atoms with E-state index in [9.17, 15) is 13.2 Å². The zero-order valence-electron chi connectivity index (χ0n) is 11.6. The Hall–Kier alpha value is -1.34. The quantitative estimate of drug-likeness (QED) is 0.808. The summed E-state index contributed by atoms with van der Waals surface area (Å²) in [5, 5.41) is 12.0. The van der Waals surface area contributed by atoms with Crippen molar-refractivity contribution in [3.63, 3.8) is 0 Å². The zero-order valence-corrected chi connectivity index (χ0v) is 11.6. The van der Waals surface area contributed by atoms with Crippen LogP contribution in [0.2, 0.25) is 0 Å². The van der Waals surface area contributed by atoms with Gasteiger partial charge in [0.25, 0.3) is 0 Å². The van der Waals surface area contributed by atoms with Crippen molar-refractivity contribution in [1.29, 1.82) is 0 Å². The molecule has 2 N–H and O–H groups in total. The largest absolute Gasteiger partial charge is 0.405 e. The molecule has 0 aliphatic rings. The molecule has 114 valence electrons. The third-order valence-electron chi connectivity index (χ3n) is 2.99. The first kappa shape index (κ1) is 16.7. The van der Waals surface area contributed by atoms with E-state index < -0.39 is 12.7 Å². The summed E-state index contributed by atoms with van der Waals surface area (Å²) in [6.07, 6.45) is -2.06. The number of hydrogen-bond acceptors (Lipinski definition) is 4. The maximum Gasteiger partial charge on any atom is 0.405 e. The first-order valence-electron chi connectivity index (χ1n) is 6.47. The summed E-state index contributed by atoms with van der Waals surface area (Å²) in [4.78, 5) is 5.27. The molecule has 0 aromatic carbocycles. The van der Waals surface area contributed by atoms with Crippen LogP contribution in [0.15, 0.2) is 18.3 Å². The van der Waals surface area contributed by atoms with E-state index >= 15 is 0 Å². The minimum atomic E-state index is -4.31. The Labute approximate surface area is 116 Å². The fraction of sp³-hybridized carbons (Fsp3) is 0.615. The van der Waals surface area contributed by atoms with Crippen molar-refractivity contribution >= 4 is 5.69 Å². The van der Waals surface area contributed by atoms with Crippen molar-refractivity contribution in [2.24, 2.45) is 0 Å². The van der Waals surface area contributed by atoms with Crippen molar-refractivity contribution in [1.82, 2.24) is 10.3 Å². The van der Waals surface area contributed by atoms with Gasteiger partial charge in [-0.25, -0.2) is 0 Å². The van der Waals surface area contributed by atoms with Crippen molar-refractivity contribution in [3.05, 3.63) is 24.0 Å². The molecule has 20 heavy (non-hydrogen) atoms. The van der Waals surface area contributed by atoms with Gasteiger partial charge in [-0.2, -0.15) is 13.2 Å². The van der Waals surface area contributed by atoms with Gasteiger partial charge < -0.3 is 15.3 Å². The molecule has 1 aromatic heterocycles. The van der Waals surface area contributed by atoms with E-state index in [-0.39, 0.29) is 19.2 Å². The Morgan fingerprint density at radius 3 is 2.50 bits per heavy atom. The molecule has 0 fully saturated rings. The van der Waals surface area contributed by atoms with Gasteiger partial charge in [0, 0.05) is 12.6 Å².